The smallest absolute Gasteiger partial charge is 0.416 e. The number of anilines is 1. The molecular weight excluding hydrogens is 647 g/mol. The molecule has 2 amide bonds. The summed E-state index contributed by atoms with van der Waals surface area (Å²) in [5, 5.41) is 8.08. The van der Waals surface area contributed by atoms with Crippen LogP contribution in [0.3, 0.4) is 0 Å². The number of aryl methyl sites for hydroxylation is 1. The number of hydrogen-bond acceptors (Lipinski definition) is 6. The maximum atomic E-state index is 14.7. The maximum absolute atomic E-state index is 14.7. The van der Waals surface area contributed by atoms with Crippen molar-refractivity contribution in [2.24, 2.45) is 7.05 Å². The van der Waals surface area contributed by atoms with Crippen LogP contribution in [0.2, 0.25) is 0 Å². The number of nitrogens with zero attached hydrogens (tertiary/aromatic N) is 6. The molecule has 0 spiro atoms. The second-order valence-electron chi connectivity index (χ2n) is 15.4. The third-order valence-electron chi connectivity index (χ3n) is 10.4. The molecule has 4 aliphatic rings. The predicted molar refractivity (Wildman–Crippen MR) is 168 cm³/mol. The quantitative estimate of drug-likeness (QED) is 0.237. The molecule has 0 bridgehead atoms. The standard InChI is InChI=1S/C35H39F5N6O3/c1-31(2,3)49-30(48)46(32(4)9-6-10-32)15-20-11-23-24(25(12-20)35(38,39)40)16-45(28(23)47)27-14-22(13-26(42-27)21-7-8-21)33(17-34(36,37)18-33)29-43-41-19-44(29)5/h11-14,19,21H,6-10,15-18H2,1-5H3. The van der Waals surface area contributed by atoms with Crippen LogP contribution in [0.1, 0.15) is 123 Å². The number of rotatable bonds is 7. The minimum absolute atomic E-state index is 0.0555. The van der Waals surface area contributed by atoms with Crippen LogP contribution in [0, 0.1) is 0 Å². The number of ether oxygens (including phenoxy) is 1. The molecule has 3 aromatic rings. The Morgan fingerprint density at radius 2 is 1.78 bits per heavy atom. The second kappa shape index (κ2) is 10.9. The zero-order valence-corrected chi connectivity index (χ0v) is 28.1. The highest BCUT2D eigenvalue weighted by molar-refractivity contribution is 6.10. The predicted octanol–water partition coefficient (Wildman–Crippen LogP) is 7.66. The van der Waals surface area contributed by atoms with Crippen LogP contribution in [0.25, 0.3) is 0 Å². The molecule has 3 fully saturated rings. The number of halogens is 5. The average Bonchev–Trinajstić information content (AvgIpc) is 3.65. The van der Waals surface area contributed by atoms with E-state index in [0.29, 0.717) is 29.9 Å². The first-order valence-electron chi connectivity index (χ1n) is 16.6. The van der Waals surface area contributed by atoms with E-state index in [-0.39, 0.29) is 35.0 Å². The summed E-state index contributed by atoms with van der Waals surface area (Å²) in [5.74, 6) is -3.13. The van der Waals surface area contributed by atoms with E-state index in [4.69, 9.17) is 9.72 Å². The number of aromatic nitrogens is 4. The minimum atomic E-state index is -4.80. The lowest BCUT2D eigenvalue weighted by atomic mass is 9.61. The van der Waals surface area contributed by atoms with Crippen LogP contribution in [-0.2, 0) is 36.5 Å². The number of benzene rings is 1. The van der Waals surface area contributed by atoms with Crippen molar-refractivity contribution in [3.05, 3.63) is 69.9 Å². The molecule has 9 nitrogen and oxygen atoms in total. The zero-order chi connectivity index (χ0) is 35.3. The van der Waals surface area contributed by atoms with Gasteiger partial charge >= 0.3 is 12.3 Å². The number of carbonyl (C=O) groups excluding carboxylic acids is 2. The van der Waals surface area contributed by atoms with E-state index in [2.05, 4.69) is 10.2 Å². The highest BCUT2D eigenvalue weighted by Gasteiger charge is 2.61. The number of amides is 2. The molecule has 3 heterocycles. The summed E-state index contributed by atoms with van der Waals surface area (Å²) >= 11 is 0. The average molecular weight is 687 g/mol. The lowest BCUT2D eigenvalue weighted by Crippen LogP contribution is -2.54. The lowest BCUT2D eigenvalue weighted by Gasteiger charge is -2.47. The van der Waals surface area contributed by atoms with Gasteiger partial charge in [0.25, 0.3) is 11.8 Å². The van der Waals surface area contributed by atoms with E-state index in [9.17, 15) is 31.5 Å². The molecule has 1 aliphatic heterocycles. The molecule has 3 saturated carbocycles. The van der Waals surface area contributed by atoms with Gasteiger partial charge in [0.2, 0.25) is 0 Å². The van der Waals surface area contributed by atoms with Crippen molar-refractivity contribution in [3.8, 4) is 0 Å². The van der Waals surface area contributed by atoms with E-state index >= 15 is 0 Å². The van der Waals surface area contributed by atoms with Gasteiger partial charge in [-0.05, 0) is 101 Å². The van der Waals surface area contributed by atoms with Crippen molar-refractivity contribution in [2.45, 2.75) is 120 Å². The number of fused-ring (bicyclic) bond motifs is 1. The molecule has 0 atom stereocenters. The number of hydrogen-bond donors (Lipinski definition) is 0. The summed E-state index contributed by atoms with van der Waals surface area (Å²) in [6.45, 7) is 6.47. The molecule has 3 aliphatic carbocycles. The molecule has 262 valence electrons. The van der Waals surface area contributed by atoms with Crippen molar-refractivity contribution in [2.75, 3.05) is 4.90 Å². The minimum Gasteiger partial charge on any atom is -0.444 e. The summed E-state index contributed by atoms with van der Waals surface area (Å²) < 4.78 is 80.5. The van der Waals surface area contributed by atoms with Crippen LogP contribution >= 0.6 is 0 Å². The first-order valence-corrected chi connectivity index (χ1v) is 16.6. The molecule has 14 heteroatoms. The molecule has 0 N–H and O–H groups in total. The van der Waals surface area contributed by atoms with Gasteiger partial charge in [0.15, 0.2) is 0 Å². The highest BCUT2D eigenvalue weighted by atomic mass is 19.4. The SMILES string of the molecule is Cn1cnnc1C1(c2cc(C3CC3)nc(N3Cc4c(cc(CN(C(=O)OC(C)(C)C)C5(C)CCC5)cc4C(F)(F)F)C3=O)c2)CC(F)(F)C1. The van der Waals surface area contributed by atoms with Crippen LogP contribution in [0.5, 0.6) is 0 Å². The van der Waals surface area contributed by atoms with Gasteiger partial charge in [-0.2, -0.15) is 13.2 Å². The van der Waals surface area contributed by atoms with Gasteiger partial charge in [-0.15, -0.1) is 10.2 Å². The Labute approximate surface area is 280 Å². The van der Waals surface area contributed by atoms with Gasteiger partial charge in [0.1, 0.15) is 23.6 Å². The molecular formula is C35H39F5N6O3. The first kappa shape index (κ1) is 33.4. The van der Waals surface area contributed by atoms with Crippen molar-refractivity contribution in [1.29, 1.82) is 0 Å². The van der Waals surface area contributed by atoms with E-state index in [0.717, 1.165) is 25.3 Å². The van der Waals surface area contributed by atoms with Crippen LogP contribution in [-0.4, -0.2) is 53.7 Å². The normalized spacial score (nSPS) is 20.8. The van der Waals surface area contributed by atoms with E-state index < -0.39 is 65.6 Å². The topological polar surface area (TPSA) is 93.5 Å². The number of alkyl halides is 5. The summed E-state index contributed by atoms with van der Waals surface area (Å²) in [6.07, 6.45) is -1.19. The molecule has 0 radical (unpaired) electrons. The van der Waals surface area contributed by atoms with Crippen LogP contribution < -0.4 is 4.90 Å². The molecule has 2 aromatic heterocycles. The van der Waals surface area contributed by atoms with E-state index in [1.54, 1.807) is 38.5 Å². The van der Waals surface area contributed by atoms with Gasteiger partial charge in [0.05, 0.1) is 17.5 Å². The van der Waals surface area contributed by atoms with Gasteiger partial charge in [0, 0.05) is 49.1 Å². The third-order valence-corrected chi connectivity index (χ3v) is 10.4. The summed E-state index contributed by atoms with van der Waals surface area (Å²) in [6, 6.07) is 5.74. The Morgan fingerprint density at radius 1 is 1.08 bits per heavy atom. The zero-order valence-electron chi connectivity index (χ0n) is 28.1. The molecule has 49 heavy (non-hydrogen) atoms. The molecule has 0 unspecified atom stereocenters. The van der Waals surface area contributed by atoms with Gasteiger partial charge < -0.3 is 9.30 Å². The van der Waals surface area contributed by atoms with Crippen molar-refractivity contribution < 1.29 is 36.3 Å². The summed E-state index contributed by atoms with van der Waals surface area (Å²) in [5.41, 5.74) is -2.69. The van der Waals surface area contributed by atoms with Crippen LogP contribution in [0.15, 0.2) is 30.6 Å². The van der Waals surface area contributed by atoms with Crippen molar-refractivity contribution in [1.82, 2.24) is 24.6 Å². The van der Waals surface area contributed by atoms with Crippen LogP contribution in [0.4, 0.5) is 32.6 Å². The van der Waals surface area contributed by atoms with Gasteiger partial charge in [-0.25, -0.2) is 18.6 Å². The van der Waals surface area contributed by atoms with Crippen molar-refractivity contribution in [3.63, 3.8) is 0 Å². The highest BCUT2D eigenvalue weighted by Crippen LogP contribution is 2.57. The lowest BCUT2D eigenvalue weighted by molar-refractivity contribution is -0.138. The molecule has 0 saturated heterocycles. The van der Waals surface area contributed by atoms with Crippen molar-refractivity contribution >= 4 is 17.8 Å². The fourth-order valence-electron chi connectivity index (χ4n) is 7.51. The summed E-state index contributed by atoms with van der Waals surface area (Å²) in [4.78, 5) is 34.8. The summed E-state index contributed by atoms with van der Waals surface area (Å²) in [7, 11) is 1.67. The van der Waals surface area contributed by atoms with E-state index in [1.807, 2.05) is 6.92 Å². The largest absolute Gasteiger partial charge is 0.444 e. The molecule has 1 aromatic carbocycles. The maximum Gasteiger partial charge on any atom is 0.416 e. The third kappa shape index (κ3) is 5.94. The number of carbonyl (C=O) groups is 2. The Hall–Kier alpha value is -4.10. The first-order chi connectivity index (χ1) is 22.8. The second-order valence-corrected chi connectivity index (χ2v) is 15.4. The Bertz CT molecular complexity index is 1830. The number of pyridine rings is 1. The molecule has 7 rings (SSSR count). The van der Waals surface area contributed by atoms with Gasteiger partial charge in [-0.1, -0.05) is 0 Å². The monoisotopic (exact) mass is 686 g/mol. The Kier molecular flexibility index (Phi) is 7.46. The van der Waals surface area contributed by atoms with Gasteiger partial charge in [-0.3, -0.25) is 14.6 Å². The Morgan fingerprint density at radius 3 is 2.31 bits per heavy atom. The Balaban J connectivity index is 1.28. The fraction of sp³-hybridized carbons (Fsp3) is 0.571. The van der Waals surface area contributed by atoms with E-state index in [1.165, 1.54) is 28.3 Å². The fourth-order valence-corrected chi connectivity index (χ4v) is 7.51.